The maximum atomic E-state index is 9.17. The van der Waals surface area contributed by atoms with Crippen LogP contribution >= 0.6 is 0 Å². The Bertz CT molecular complexity index is 121. The summed E-state index contributed by atoms with van der Waals surface area (Å²) in [5.74, 6) is 0.422. The third kappa shape index (κ3) is 6.11. The highest BCUT2D eigenvalue weighted by Crippen LogP contribution is 2.11. The lowest BCUT2D eigenvalue weighted by Crippen LogP contribution is -2.12. The van der Waals surface area contributed by atoms with Gasteiger partial charge >= 0.3 is 0 Å². The predicted molar refractivity (Wildman–Crippen MR) is 49.5 cm³/mol. The zero-order valence-corrected chi connectivity index (χ0v) is 8.09. The van der Waals surface area contributed by atoms with Crippen LogP contribution in [0.5, 0.6) is 0 Å². The van der Waals surface area contributed by atoms with E-state index in [1.165, 1.54) is 5.57 Å². The summed E-state index contributed by atoms with van der Waals surface area (Å²) in [5.41, 5.74) is 1.36. The molecule has 1 N–H and O–H groups in total. The Morgan fingerprint density at radius 2 is 1.91 bits per heavy atom. The number of allylic oxidation sites excluding steroid dienone is 2. The average Bonchev–Trinajstić information content (AvgIpc) is 1.86. The van der Waals surface area contributed by atoms with E-state index in [-0.39, 0.29) is 6.10 Å². The zero-order valence-electron chi connectivity index (χ0n) is 8.09. The zero-order chi connectivity index (χ0) is 8.85. The maximum absolute atomic E-state index is 9.17. The van der Waals surface area contributed by atoms with E-state index in [0.717, 1.165) is 12.8 Å². The van der Waals surface area contributed by atoms with Crippen molar-refractivity contribution in [2.75, 3.05) is 0 Å². The Morgan fingerprint density at radius 3 is 2.27 bits per heavy atom. The predicted octanol–water partition coefficient (Wildman–Crippen LogP) is 2.75. The van der Waals surface area contributed by atoms with Crippen molar-refractivity contribution in [1.82, 2.24) is 0 Å². The molecule has 0 fully saturated rings. The molecular weight excluding hydrogens is 136 g/mol. The van der Waals surface area contributed by atoms with Gasteiger partial charge in [-0.15, -0.1) is 0 Å². The first-order valence-electron chi connectivity index (χ1n) is 4.35. The van der Waals surface area contributed by atoms with Crippen molar-refractivity contribution < 1.29 is 5.11 Å². The highest BCUT2D eigenvalue weighted by Gasteiger charge is 2.06. The topological polar surface area (TPSA) is 20.2 Å². The molecule has 0 radical (unpaired) electrons. The molecule has 0 amide bonds. The lowest BCUT2D eigenvalue weighted by molar-refractivity contribution is 0.130. The van der Waals surface area contributed by atoms with E-state index < -0.39 is 0 Å². The van der Waals surface area contributed by atoms with E-state index in [1.54, 1.807) is 0 Å². The Hall–Kier alpha value is -0.300. The molecule has 0 saturated heterocycles. The first-order valence-corrected chi connectivity index (χ1v) is 4.35. The van der Waals surface area contributed by atoms with Gasteiger partial charge < -0.3 is 5.11 Å². The quantitative estimate of drug-likeness (QED) is 0.620. The Labute approximate surface area is 70.1 Å². The molecule has 11 heavy (non-hydrogen) atoms. The molecule has 0 spiro atoms. The number of aliphatic hydroxyl groups is 1. The first kappa shape index (κ1) is 10.7. The second kappa shape index (κ2) is 5.36. The third-order valence-corrected chi connectivity index (χ3v) is 2.00. The normalized spacial score (nSPS) is 15.7. The van der Waals surface area contributed by atoms with E-state index in [1.807, 2.05) is 6.92 Å². The molecule has 0 saturated carbocycles. The molecule has 2 atom stereocenters. The SMILES string of the molecule is CC(C)=CCCC(C)C(C)O. The number of rotatable bonds is 4. The van der Waals surface area contributed by atoms with E-state index in [9.17, 15) is 0 Å². The highest BCUT2D eigenvalue weighted by atomic mass is 16.3. The van der Waals surface area contributed by atoms with Crippen molar-refractivity contribution in [1.29, 1.82) is 0 Å². The average molecular weight is 156 g/mol. The van der Waals surface area contributed by atoms with E-state index in [2.05, 4.69) is 26.8 Å². The minimum atomic E-state index is -0.166. The molecule has 2 unspecified atom stereocenters. The second-order valence-corrected chi connectivity index (χ2v) is 3.58. The van der Waals surface area contributed by atoms with Gasteiger partial charge in [0.05, 0.1) is 6.10 Å². The molecule has 1 nitrogen and oxygen atoms in total. The number of hydrogen-bond acceptors (Lipinski definition) is 1. The smallest absolute Gasteiger partial charge is 0.0537 e. The van der Waals surface area contributed by atoms with Crippen molar-refractivity contribution in [3.8, 4) is 0 Å². The lowest BCUT2D eigenvalue weighted by atomic mass is 10.00. The van der Waals surface area contributed by atoms with Crippen LogP contribution in [0.15, 0.2) is 11.6 Å². The van der Waals surface area contributed by atoms with E-state index in [4.69, 9.17) is 5.11 Å². The fourth-order valence-electron chi connectivity index (χ4n) is 0.876. The Kier molecular flexibility index (Phi) is 5.22. The Balaban J connectivity index is 3.47. The summed E-state index contributed by atoms with van der Waals surface area (Å²) in [6.45, 7) is 8.15. The Morgan fingerprint density at radius 1 is 1.36 bits per heavy atom. The monoisotopic (exact) mass is 156 g/mol. The lowest BCUT2D eigenvalue weighted by Gasteiger charge is -2.12. The van der Waals surface area contributed by atoms with Gasteiger partial charge in [0.25, 0.3) is 0 Å². The number of hydrogen-bond donors (Lipinski definition) is 1. The minimum absolute atomic E-state index is 0.166. The highest BCUT2D eigenvalue weighted by molar-refractivity contribution is 4.92. The summed E-state index contributed by atoms with van der Waals surface area (Å²) in [6, 6.07) is 0. The number of aliphatic hydroxyl groups excluding tert-OH is 1. The van der Waals surface area contributed by atoms with Gasteiger partial charge in [0, 0.05) is 0 Å². The van der Waals surface area contributed by atoms with Crippen molar-refractivity contribution in [2.45, 2.75) is 46.6 Å². The standard InChI is InChI=1S/C10H20O/c1-8(2)6-5-7-9(3)10(4)11/h6,9-11H,5,7H2,1-4H3. The van der Waals surface area contributed by atoms with Gasteiger partial charge in [0.1, 0.15) is 0 Å². The van der Waals surface area contributed by atoms with Crippen LogP contribution in [-0.2, 0) is 0 Å². The van der Waals surface area contributed by atoms with Crippen LogP contribution in [0, 0.1) is 5.92 Å². The molecule has 0 heterocycles. The van der Waals surface area contributed by atoms with Crippen molar-refractivity contribution in [2.24, 2.45) is 5.92 Å². The van der Waals surface area contributed by atoms with Gasteiger partial charge in [-0.1, -0.05) is 18.6 Å². The molecule has 0 aliphatic carbocycles. The minimum Gasteiger partial charge on any atom is -0.393 e. The third-order valence-electron chi connectivity index (χ3n) is 2.00. The fourth-order valence-corrected chi connectivity index (χ4v) is 0.876. The summed E-state index contributed by atoms with van der Waals surface area (Å²) in [6.07, 6.45) is 4.23. The molecule has 0 aliphatic rings. The van der Waals surface area contributed by atoms with Crippen LogP contribution in [0.1, 0.15) is 40.5 Å². The second-order valence-electron chi connectivity index (χ2n) is 3.58. The summed E-state index contributed by atoms with van der Waals surface area (Å²) in [5, 5.41) is 9.17. The summed E-state index contributed by atoms with van der Waals surface area (Å²) in [7, 11) is 0. The van der Waals surface area contributed by atoms with Gasteiger partial charge in [-0.25, -0.2) is 0 Å². The molecular formula is C10H20O. The van der Waals surface area contributed by atoms with Crippen LogP contribution in [0.3, 0.4) is 0 Å². The van der Waals surface area contributed by atoms with Crippen molar-refractivity contribution in [3.05, 3.63) is 11.6 Å². The van der Waals surface area contributed by atoms with E-state index >= 15 is 0 Å². The van der Waals surface area contributed by atoms with Crippen LogP contribution in [-0.4, -0.2) is 11.2 Å². The summed E-state index contributed by atoms with van der Waals surface area (Å²) >= 11 is 0. The molecule has 0 aliphatic heterocycles. The van der Waals surface area contributed by atoms with Gasteiger partial charge in [-0.05, 0) is 39.5 Å². The van der Waals surface area contributed by atoms with Crippen LogP contribution in [0.4, 0.5) is 0 Å². The van der Waals surface area contributed by atoms with Crippen molar-refractivity contribution >= 4 is 0 Å². The van der Waals surface area contributed by atoms with Gasteiger partial charge in [-0.2, -0.15) is 0 Å². The van der Waals surface area contributed by atoms with E-state index in [0.29, 0.717) is 5.92 Å². The summed E-state index contributed by atoms with van der Waals surface area (Å²) in [4.78, 5) is 0. The van der Waals surface area contributed by atoms with Crippen LogP contribution in [0.25, 0.3) is 0 Å². The molecule has 0 aromatic rings. The molecule has 0 bridgehead atoms. The molecule has 0 rings (SSSR count). The van der Waals surface area contributed by atoms with Gasteiger partial charge in [0.15, 0.2) is 0 Å². The largest absolute Gasteiger partial charge is 0.393 e. The van der Waals surface area contributed by atoms with Crippen LogP contribution in [0.2, 0.25) is 0 Å². The first-order chi connectivity index (χ1) is 5.04. The molecule has 0 aromatic heterocycles. The van der Waals surface area contributed by atoms with Gasteiger partial charge in [0.2, 0.25) is 0 Å². The molecule has 66 valence electrons. The molecule has 1 heteroatoms. The maximum Gasteiger partial charge on any atom is 0.0537 e. The van der Waals surface area contributed by atoms with Crippen LogP contribution < -0.4 is 0 Å². The van der Waals surface area contributed by atoms with Crippen molar-refractivity contribution in [3.63, 3.8) is 0 Å². The van der Waals surface area contributed by atoms with Gasteiger partial charge in [-0.3, -0.25) is 0 Å². The fraction of sp³-hybridized carbons (Fsp3) is 0.800. The summed E-state index contributed by atoms with van der Waals surface area (Å²) < 4.78 is 0. The molecule has 0 aromatic carbocycles.